The molecule has 1 fully saturated rings. The van der Waals surface area contributed by atoms with Gasteiger partial charge >= 0.3 is 7.60 Å². The van der Waals surface area contributed by atoms with E-state index in [1.807, 2.05) is 13.8 Å². The molecule has 0 amide bonds. The van der Waals surface area contributed by atoms with Crippen LogP contribution in [-0.2, 0) is 13.6 Å². The Labute approximate surface area is 179 Å². The van der Waals surface area contributed by atoms with E-state index in [-0.39, 0.29) is 0 Å². The average molecular weight is 441 g/mol. The predicted octanol–water partition coefficient (Wildman–Crippen LogP) is 6.84. The Morgan fingerprint density at radius 3 is 2.14 bits per heavy atom. The van der Waals surface area contributed by atoms with Crippen LogP contribution in [0.5, 0.6) is 0 Å². The second-order valence-electron chi connectivity index (χ2n) is 7.91. The molecule has 28 heavy (non-hydrogen) atoms. The molecule has 1 aliphatic heterocycles. The molecule has 1 aliphatic rings. The van der Waals surface area contributed by atoms with Crippen LogP contribution >= 0.6 is 31.1 Å². The van der Waals surface area contributed by atoms with Gasteiger partial charge in [-0.2, -0.15) is 0 Å². The number of benzene rings is 1. The van der Waals surface area contributed by atoms with Crippen LogP contribution in [-0.4, -0.2) is 30.9 Å². The molecule has 156 valence electrons. The van der Waals surface area contributed by atoms with Gasteiger partial charge in [0.15, 0.2) is 0 Å². The molecule has 0 atom stereocenters. The lowest BCUT2D eigenvalue weighted by atomic mass is 9.83. The molecule has 0 aromatic heterocycles. The fraction of sp³-hybridized carbons (Fsp3) is 0.636. The molecule has 1 heterocycles. The highest BCUT2D eigenvalue weighted by Gasteiger charge is 2.31. The summed E-state index contributed by atoms with van der Waals surface area (Å²) >= 11 is 4.12. The Morgan fingerprint density at radius 1 is 1.07 bits per heavy atom. The second kappa shape index (κ2) is 11.1. The minimum Gasteiger partial charge on any atom is -0.309 e. The molecule has 0 radical (unpaired) electrons. The third kappa shape index (κ3) is 7.47. The first-order chi connectivity index (χ1) is 13.3. The van der Waals surface area contributed by atoms with Crippen molar-refractivity contribution in [3.05, 3.63) is 35.4 Å². The van der Waals surface area contributed by atoms with E-state index in [1.165, 1.54) is 17.1 Å². The molecule has 1 aromatic rings. The van der Waals surface area contributed by atoms with Gasteiger partial charge < -0.3 is 9.05 Å². The summed E-state index contributed by atoms with van der Waals surface area (Å²) in [6.07, 6.45) is 0.839. The maximum Gasteiger partial charge on any atom is 0.331 e. The highest BCUT2D eigenvalue weighted by Crippen LogP contribution is 2.49. The summed E-state index contributed by atoms with van der Waals surface area (Å²) in [5.74, 6) is 9.49. The van der Waals surface area contributed by atoms with Crippen molar-refractivity contribution in [1.82, 2.24) is 0 Å². The molecule has 0 aliphatic carbocycles. The van der Waals surface area contributed by atoms with Gasteiger partial charge in [0.1, 0.15) is 0 Å². The van der Waals surface area contributed by atoms with E-state index in [9.17, 15) is 4.57 Å². The lowest BCUT2D eigenvalue weighted by molar-refractivity contribution is 0.220. The monoisotopic (exact) mass is 440 g/mol. The van der Waals surface area contributed by atoms with Gasteiger partial charge in [-0.05, 0) is 54.4 Å². The molecule has 6 heteroatoms. The summed E-state index contributed by atoms with van der Waals surface area (Å²) in [6.45, 7) is 11.5. The van der Waals surface area contributed by atoms with E-state index < -0.39 is 7.60 Å². The molecule has 0 spiro atoms. The number of hydrogen-bond acceptors (Lipinski definition) is 5. The van der Waals surface area contributed by atoms with Crippen molar-refractivity contribution in [2.45, 2.75) is 45.6 Å². The molecule has 0 saturated carbocycles. The molecule has 1 saturated heterocycles. The van der Waals surface area contributed by atoms with Crippen LogP contribution in [0.15, 0.2) is 24.3 Å². The predicted molar refractivity (Wildman–Crippen MR) is 124 cm³/mol. The van der Waals surface area contributed by atoms with Crippen LogP contribution in [0.4, 0.5) is 0 Å². The Balaban J connectivity index is 1.87. The van der Waals surface area contributed by atoms with E-state index in [0.717, 1.165) is 11.5 Å². The smallest absolute Gasteiger partial charge is 0.309 e. The fourth-order valence-corrected chi connectivity index (χ4v) is 8.10. The Bertz CT molecular complexity index is 698. The summed E-state index contributed by atoms with van der Waals surface area (Å²) < 4.78 is 23.5. The third-order valence-corrected chi connectivity index (χ3v) is 9.93. The normalized spacial score (nSPS) is 20.5. The van der Waals surface area contributed by atoms with Gasteiger partial charge in [0, 0.05) is 12.0 Å². The van der Waals surface area contributed by atoms with Gasteiger partial charge in [-0.25, -0.2) is 0 Å². The van der Waals surface area contributed by atoms with E-state index in [4.69, 9.17) is 9.05 Å². The summed E-state index contributed by atoms with van der Waals surface area (Å²) in [4.78, 5) is 0. The van der Waals surface area contributed by atoms with E-state index in [2.05, 4.69) is 80.4 Å². The van der Waals surface area contributed by atoms with Crippen molar-refractivity contribution in [3.63, 3.8) is 0 Å². The summed E-state index contributed by atoms with van der Waals surface area (Å²) in [6, 6.07) is 8.56. The third-order valence-electron chi connectivity index (χ3n) is 4.70. The van der Waals surface area contributed by atoms with Crippen molar-refractivity contribution in [1.29, 1.82) is 0 Å². The molecule has 0 N–H and O–H groups in total. The van der Waals surface area contributed by atoms with Crippen molar-refractivity contribution < 1.29 is 13.6 Å². The zero-order valence-corrected chi connectivity index (χ0v) is 20.2. The van der Waals surface area contributed by atoms with E-state index in [1.54, 1.807) is 0 Å². The standard InChI is InChI=1S/C22H33O3PS2/c1-6-24-26(23,25-7-2)15-9-8-10-18-11-13-19(14-12-18)21-27-16-20(17-28-21)22(3,4)5/h11-14,20-21H,6-7,9,15-17H2,1-5H3. The first-order valence-electron chi connectivity index (χ1n) is 9.97. The van der Waals surface area contributed by atoms with E-state index in [0.29, 0.717) is 35.8 Å². The Morgan fingerprint density at radius 2 is 1.64 bits per heavy atom. The first-order valence-corrected chi connectivity index (χ1v) is 13.8. The topological polar surface area (TPSA) is 35.5 Å². The van der Waals surface area contributed by atoms with Crippen LogP contribution < -0.4 is 0 Å². The number of rotatable bonds is 7. The molecule has 2 rings (SSSR count). The largest absolute Gasteiger partial charge is 0.331 e. The van der Waals surface area contributed by atoms with Gasteiger partial charge in [-0.1, -0.05) is 44.7 Å². The zero-order valence-electron chi connectivity index (χ0n) is 17.7. The van der Waals surface area contributed by atoms with Gasteiger partial charge in [-0.15, -0.1) is 23.5 Å². The first kappa shape index (κ1) is 23.9. The maximum atomic E-state index is 12.4. The van der Waals surface area contributed by atoms with Crippen LogP contribution in [0.2, 0.25) is 0 Å². The second-order valence-corrected chi connectivity index (χ2v) is 12.7. The fourth-order valence-electron chi connectivity index (χ4n) is 2.84. The molecular formula is C22H33O3PS2. The van der Waals surface area contributed by atoms with Gasteiger partial charge in [0.25, 0.3) is 0 Å². The highest BCUT2D eigenvalue weighted by atomic mass is 32.2. The average Bonchev–Trinajstić information content (AvgIpc) is 2.66. The van der Waals surface area contributed by atoms with Crippen LogP contribution in [0.1, 0.15) is 56.7 Å². The summed E-state index contributed by atoms with van der Waals surface area (Å²) in [5.41, 5.74) is 2.74. The molecule has 3 nitrogen and oxygen atoms in total. The van der Waals surface area contributed by atoms with Crippen LogP contribution in [0, 0.1) is 23.2 Å². The quantitative estimate of drug-likeness (QED) is 0.343. The molecule has 0 unspecified atom stereocenters. The minimum absolute atomic E-state index is 0.337. The lowest BCUT2D eigenvalue weighted by Gasteiger charge is -2.36. The summed E-state index contributed by atoms with van der Waals surface area (Å²) in [7, 11) is -2.99. The lowest BCUT2D eigenvalue weighted by Crippen LogP contribution is -2.27. The van der Waals surface area contributed by atoms with Crippen molar-refractivity contribution in [2.24, 2.45) is 11.3 Å². The van der Waals surface area contributed by atoms with Gasteiger partial charge in [0.2, 0.25) is 0 Å². The van der Waals surface area contributed by atoms with Gasteiger partial charge in [-0.3, -0.25) is 4.57 Å². The zero-order chi connectivity index (χ0) is 20.6. The highest BCUT2D eigenvalue weighted by molar-refractivity contribution is 8.16. The number of hydrogen-bond donors (Lipinski definition) is 0. The number of thioether (sulfide) groups is 2. The Hall–Kier alpha value is -0.370. The van der Waals surface area contributed by atoms with Crippen molar-refractivity contribution >= 4 is 31.1 Å². The SMILES string of the molecule is CCOP(=O)(CCC#Cc1ccc(C2SCC(C(C)(C)C)CS2)cc1)OCC. The molecule has 1 aromatic carbocycles. The molecular weight excluding hydrogens is 407 g/mol. The van der Waals surface area contributed by atoms with Crippen LogP contribution in [0.25, 0.3) is 0 Å². The molecule has 0 bridgehead atoms. The van der Waals surface area contributed by atoms with E-state index >= 15 is 0 Å². The maximum absolute atomic E-state index is 12.4. The van der Waals surface area contributed by atoms with Crippen molar-refractivity contribution in [2.75, 3.05) is 30.9 Å². The summed E-state index contributed by atoms with van der Waals surface area (Å²) in [5, 5.41) is 0. The Kier molecular flexibility index (Phi) is 9.51. The van der Waals surface area contributed by atoms with Crippen molar-refractivity contribution in [3.8, 4) is 11.8 Å². The van der Waals surface area contributed by atoms with Gasteiger partial charge in [0.05, 0.1) is 24.0 Å². The minimum atomic E-state index is -2.99. The van der Waals surface area contributed by atoms with Crippen LogP contribution in [0.3, 0.4) is 0 Å².